The molecule has 3 heterocycles. The third-order valence-electron chi connectivity index (χ3n) is 5.61. The number of likely N-dealkylation sites (tertiary alicyclic amines) is 1. The summed E-state index contributed by atoms with van der Waals surface area (Å²) in [5.41, 5.74) is 1.82. The number of hydrogen-bond acceptors (Lipinski definition) is 5. The SMILES string of the molecule is Cc1cc(NC(=O)N2CCCC(Cn3ccnn3)C2)ccc1OC1CCOCC1. The van der Waals surface area contributed by atoms with E-state index in [0.717, 1.165) is 75.5 Å². The number of carbonyl (C=O) groups is 1. The minimum atomic E-state index is -0.0502. The Morgan fingerprint density at radius 2 is 2.17 bits per heavy atom. The second-order valence-corrected chi connectivity index (χ2v) is 7.92. The molecule has 0 spiro atoms. The van der Waals surface area contributed by atoms with Crippen LogP contribution >= 0.6 is 0 Å². The lowest BCUT2D eigenvalue weighted by molar-refractivity contribution is 0.0253. The molecule has 2 amide bonds. The number of piperidine rings is 1. The molecular weight excluding hydrogens is 370 g/mol. The molecule has 1 N–H and O–H groups in total. The van der Waals surface area contributed by atoms with E-state index in [9.17, 15) is 4.79 Å². The molecule has 29 heavy (non-hydrogen) atoms. The second kappa shape index (κ2) is 9.26. The number of nitrogens with one attached hydrogen (secondary N) is 1. The predicted octanol–water partition coefficient (Wildman–Crippen LogP) is 3.09. The van der Waals surface area contributed by atoms with Crippen molar-refractivity contribution >= 4 is 11.7 Å². The zero-order chi connectivity index (χ0) is 20.1. The monoisotopic (exact) mass is 399 g/mol. The maximum atomic E-state index is 12.8. The lowest BCUT2D eigenvalue weighted by Crippen LogP contribution is -2.43. The fourth-order valence-corrected chi connectivity index (χ4v) is 4.03. The normalized spacial score (nSPS) is 20.4. The summed E-state index contributed by atoms with van der Waals surface area (Å²) in [6.45, 7) is 5.83. The number of anilines is 1. The Kier molecular flexibility index (Phi) is 6.29. The molecule has 1 unspecified atom stereocenters. The molecule has 0 bridgehead atoms. The van der Waals surface area contributed by atoms with E-state index in [1.165, 1.54) is 0 Å². The van der Waals surface area contributed by atoms with E-state index >= 15 is 0 Å². The van der Waals surface area contributed by atoms with Crippen molar-refractivity contribution in [2.24, 2.45) is 5.92 Å². The van der Waals surface area contributed by atoms with Crippen LogP contribution in [0.5, 0.6) is 5.75 Å². The Bertz CT molecular complexity index is 805. The van der Waals surface area contributed by atoms with Crippen LogP contribution in [-0.2, 0) is 11.3 Å². The fraction of sp³-hybridized carbons (Fsp3) is 0.571. The Morgan fingerprint density at radius 3 is 2.93 bits per heavy atom. The van der Waals surface area contributed by atoms with Crippen LogP contribution in [0.1, 0.15) is 31.2 Å². The van der Waals surface area contributed by atoms with Gasteiger partial charge in [-0.15, -0.1) is 5.10 Å². The van der Waals surface area contributed by atoms with E-state index in [2.05, 4.69) is 15.6 Å². The largest absolute Gasteiger partial charge is 0.490 e. The van der Waals surface area contributed by atoms with E-state index in [4.69, 9.17) is 9.47 Å². The average molecular weight is 399 g/mol. The van der Waals surface area contributed by atoms with E-state index in [1.807, 2.05) is 40.9 Å². The van der Waals surface area contributed by atoms with Crippen LogP contribution in [0.25, 0.3) is 0 Å². The standard InChI is InChI=1S/C21H29N5O3/c1-16-13-18(4-5-20(16)29-19-6-11-28-12-7-19)23-21(27)25-9-2-3-17(14-25)15-26-10-8-22-24-26/h4-5,8,10,13,17,19H,2-3,6-7,9,11-12,14-15H2,1H3,(H,23,27). The molecule has 2 aromatic rings. The van der Waals surface area contributed by atoms with Gasteiger partial charge in [-0.05, 0) is 49.4 Å². The summed E-state index contributed by atoms with van der Waals surface area (Å²) >= 11 is 0. The van der Waals surface area contributed by atoms with Crippen molar-refractivity contribution in [1.29, 1.82) is 0 Å². The van der Waals surface area contributed by atoms with Crippen LogP contribution in [0.15, 0.2) is 30.6 Å². The van der Waals surface area contributed by atoms with Gasteiger partial charge in [0.2, 0.25) is 0 Å². The van der Waals surface area contributed by atoms with Gasteiger partial charge in [0.1, 0.15) is 11.9 Å². The Morgan fingerprint density at radius 1 is 1.31 bits per heavy atom. The number of amides is 2. The van der Waals surface area contributed by atoms with Gasteiger partial charge in [0.05, 0.1) is 19.4 Å². The van der Waals surface area contributed by atoms with Gasteiger partial charge in [-0.3, -0.25) is 4.68 Å². The van der Waals surface area contributed by atoms with Gasteiger partial charge in [0, 0.05) is 44.4 Å². The van der Waals surface area contributed by atoms with Crippen molar-refractivity contribution < 1.29 is 14.3 Å². The summed E-state index contributed by atoms with van der Waals surface area (Å²) in [5, 5.41) is 10.9. The third-order valence-corrected chi connectivity index (χ3v) is 5.61. The first-order chi connectivity index (χ1) is 14.2. The summed E-state index contributed by atoms with van der Waals surface area (Å²) in [4.78, 5) is 14.7. The predicted molar refractivity (Wildman–Crippen MR) is 109 cm³/mol. The van der Waals surface area contributed by atoms with Crippen LogP contribution in [0, 0.1) is 12.8 Å². The minimum Gasteiger partial charge on any atom is -0.490 e. The number of benzene rings is 1. The van der Waals surface area contributed by atoms with E-state index in [-0.39, 0.29) is 12.1 Å². The number of aromatic nitrogens is 3. The van der Waals surface area contributed by atoms with Crippen molar-refractivity contribution in [3.63, 3.8) is 0 Å². The smallest absolute Gasteiger partial charge is 0.321 e. The lowest BCUT2D eigenvalue weighted by atomic mass is 9.98. The number of urea groups is 1. The van der Waals surface area contributed by atoms with Gasteiger partial charge in [0.15, 0.2) is 0 Å². The van der Waals surface area contributed by atoms with Gasteiger partial charge in [0.25, 0.3) is 0 Å². The lowest BCUT2D eigenvalue weighted by Gasteiger charge is -2.32. The number of hydrogen-bond donors (Lipinski definition) is 1. The highest BCUT2D eigenvalue weighted by atomic mass is 16.5. The van der Waals surface area contributed by atoms with Crippen molar-refractivity contribution in [3.05, 3.63) is 36.2 Å². The molecule has 2 saturated heterocycles. The summed E-state index contributed by atoms with van der Waals surface area (Å²) in [7, 11) is 0. The topological polar surface area (TPSA) is 81.5 Å². The summed E-state index contributed by atoms with van der Waals surface area (Å²) in [6, 6.07) is 5.79. The fourth-order valence-electron chi connectivity index (χ4n) is 4.03. The zero-order valence-electron chi connectivity index (χ0n) is 16.9. The van der Waals surface area contributed by atoms with Crippen LogP contribution in [-0.4, -0.2) is 58.3 Å². The van der Waals surface area contributed by atoms with Gasteiger partial charge < -0.3 is 19.7 Å². The number of ether oxygens (including phenoxy) is 2. The molecule has 4 rings (SSSR count). The van der Waals surface area contributed by atoms with Crippen molar-refractivity contribution in [3.8, 4) is 5.75 Å². The number of nitrogens with zero attached hydrogens (tertiary/aromatic N) is 4. The molecule has 0 radical (unpaired) electrons. The van der Waals surface area contributed by atoms with Gasteiger partial charge >= 0.3 is 6.03 Å². The molecule has 2 fully saturated rings. The van der Waals surface area contributed by atoms with Crippen LogP contribution in [0.4, 0.5) is 10.5 Å². The minimum absolute atomic E-state index is 0.0502. The first kappa shape index (κ1) is 19.7. The molecule has 0 saturated carbocycles. The van der Waals surface area contributed by atoms with Gasteiger partial charge in [-0.2, -0.15) is 0 Å². The van der Waals surface area contributed by atoms with E-state index < -0.39 is 0 Å². The number of aryl methyl sites for hydroxylation is 1. The first-order valence-corrected chi connectivity index (χ1v) is 10.4. The summed E-state index contributed by atoms with van der Waals surface area (Å²) in [6.07, 6.45) is 7.70. The van der Waals surface area contributed by atoms with Crippen molar-refractivity contribution in [2.75, 3.05) is 31.6 Å². The molecule has 0 aliphatic carbocycles. The molecule has 8 nitrogen and oxygen atoms in total. The number of rotatable bonds is 5. The maximum absolute atomic E-state index is 12.8. The van der Waals surface area contributed by atoms with Gasteiger partial charge in [-0.1, -0.05) is 5.21 Å². The quantitative estimate of drug-likeness (QED) is 0.836. The third kappa shape index (κ3) is 5.26. The zero-order valence-corrected chi connectivity index (χ0v) is 16.9. The molecule has 1 aromatic carbocycles. The summed E-state index contributed by atoms with van der Waals surface area (Å²) < 4.78 is 13.3. The van der Waals surface area contributed by atoms with Crippen molar-refractivity contribution in [2.45, 2.75) is 45.3 Å². The Hall–Kier alpha value is -2.61. The molecule has 156 valence electrons. The van der Waals surface area contributed by atoms with Crippen LogP contribution in [0.2, 0.25) is 0 Å². The second-order valence-electron chi connectivity index (χ2n) is 7.92. The molecule has 1 aromatic heterocycles. The molecule has 8 heteroatoms. The first-order valence-electron chi connectivity index (χ1n) is 10.4. The Balaban J connectivity index is 1.32. The average Bonchev–Trinajstić information content (AvgIpc) is 3.24. The highest BCUT2D eigenvalue weighted by Crippen LogP contribution is 2.26. The molecule has 2 aliphatic rings. The van der Waals surface area contributed by atoms with Crippen molar-refractivity contribution in [1.82, 2.24) is 19.9 Å². The molecular formula is C21H29N5O3. The summed E-state index contributed by atoms with van der Waals surface area (Å²) in [5.74, 6) is 1.27. The van der Waals surface area contributed by atoms with Gasteiger partial charge in [-0.25, -0.2) is 4.79 Å². The Labute approximate surface area is 171 Å². The maximum Gasteiger partial charge on any atom is 0.321 e. The van der Waals surface area contributed by atoms with E-state index in [1.54, 1.807) is 6.20 Å². The highest BCUT2D eigenvalue weighted by Gasteiger charge is 2.24. The van der Waals surface area contributed by atoms with Crippen LogP contribution in [0.3, 0.4) is 0 Å². The molecule has 1 atom stereocenters. The van der Waals surface area contributed by atoms with E-state index in [0.29, 0.717) is 5.92 Å². The number of carbonyl (C=O) groups excluding carboxylic acids is 1. The highest BCUT2D eigenvalue weighted by molar-refractivity contribution is 5.89. The van der Waals surface area contributed by atoms with Crippen LogP contribution < -0.4 is 10.1 Å². The molecule has 2 aliphatic heterocycles.